The van der Waals surface area contributed by atoms with Gasteiger partial charge in [-0.05, 0) is 64.6 Å². The van der Waals surface area contributed by atoms with E-state index in [4.69, 9.17) is 4.74 Å². The minimum absolute atomic E-state index is 0.384. The Bertz CT molecular complexity index is 348. The van der Waals surface area contributed by atoms with Crippen LogP contribution in [0.15, 0.2) is 0 Å². The van der Waals surface area contributed by atoms with Crippen LogP contribution in [0, 0.1) is 17.3 Å². The Morgan fingerprint density at radius 2 is 2.19 bits per heavy atom. The fourth-order valence-electron chi connectivity index (χ4n) is 5.05. The van der Waals surface area contributed by atoms with Crippen molar-refractivity contribution >= 4 is 0 Å². The molecule has 0 bridgehead atoms. The van der Waals surface area contributed by atoms with Gasteiger partial charge in [0.2, 0.25) is 0 Å². The molecule has 3 aliphatic rings. The molecule has 1 saturated carbocycles. The van der Waals surface area contributed by atoms with Gasteiger partial charge in [0, 0.05) is 17.4 Å². The molecule has 122 valence electrons. The van der Waals surface area contributed by atoms with Crippen molar-refractivity contribution in [1.82, 2.24) is 10.6 Å². The molecule has 6 unspecified atom stereocenters. The Morgan fingerprint density at radius 3 is 2.90 bits per heavy atom. The highest BCUT2D eigenvalue weighted by Crippen LogP contribution is 2.53. The summed E-state index contributed by atoms with van der Waals surface area (Å²) < 4.78 is 6.43. The molecule has 3 nitrogen and oxygen atoms in total. The minimum atomic E-state index is 0.384. The van der Waals surface area contributed by atoms with Crippen LogP contribution in [0.1, 0.15) is 58.8 Å². The van der Waals surface area contributed by atoms with Gasteiger partial charge in [0.15, 0.2) is 0 Å². The summed E-state index contributed by atoms with van der Waals surface area (Å²) >= 11 is 0. The van der Waals surface area contributed by atoms with Crippen molar-refractivity contribution in [2.75, 3.05) is 20.1 Å². The molecule has 0 amide bonds. The fourth-order valence-corrected chi connectivity index (χ4v) is 5.05. The average molecular weight is 294 g/mol. The molecule has 0 spiro atoms. The van der Waals surface area contributed by atoms with E-state index in [1.165, 1.54) is 51.5 Å². The maximum Gasteiger partial charge on any atom is 0.0700 e. The van der Waals surface area contributed by atoms with Crippen LogP contribution in [-0.4, -0.2) is 38.4 Å². The molecule has 1 aliphatic carbocycles. The predicted molar refractivity (Wildman–Crippen MR) is 87.5 cm³/mol. The van der Waals surface area contributed by atoms with Crippen molar-refractivity contribution < 1.29 is 4.74 Å². The minimum Gasteiger partial charge on any atom is -0.374 e. The molecule has 21 heavy (non-hydrogen) atoms. The van der Waals surface area contributed by atoms with Gasteiger partial charge in [0.25, 0.3) is 0 Å². The molecule has 3 fully saturated rings. The van der Waals surface area contributed by atoms with Gasteiger partial charge in [-0.2, -0.15) is 0 Å². The van der Waals surface area contributed by atoms with E-state index in [0.29, 0.717) is 23.7 Å². The van der Waals surface area contributed by atoms with E-state index in [9.17, 15) is 0 Å². The average Bonchev–Trinajstić information content (AvgIpc) is 2.88. The van der Waals surface area contributed by atoms with Crippen LogP contribution in [0.3, 0.4) is 0 Å². The van der Waals surface area contributed by atoms with Crippen LogP contribution in [0.25, 0.3) is 0 Å². The monoisotopic (exact) mass is 294 g/mol. The third-order valence-corrected chi connectivity index (χ3v) is 6.40. The lowest BCUT2D eigenvalue weighted by Gasteiger charge is -2.58. The smallest absolute Gasteiger partial charge is 0.0700 e. The highest BCUT2D eigenvalue weighted by molar-refractivity contribution is 5.07. The van der Waals surface area contributed by atoms with Crippen LogP contribution >= 0.6 is 0 Å². The maximum atomic E-state index is 6.43. The Morgan fingerprint density at radius 1 is 1.33 bits per heavy atom. The summed E-state index contributed by atoms with van der Waals surface area (Å²) in [7, 11) is 2.04. The zero-order valence-corrected chi connectivity index (χ0v) is 14.2. The van der Waals surface area contributed by atoms with Gasteiger partial charge in [0.1, 0.15) is 0 Å². The quantitative estimate of drug-likeness (QED) is 0.739. The molecule has 3 rings (SSSR count). The molecular weight excluding hydrogens is 260 g/mol. The van der Waals surface area contributed by atoms with E-state index >= 15 is 0 Å². The van der Waals surface area contributed by atoms with Crippen molar-refractivity contribution in [2.24, 2.45) is 17.3 Å². The SMILES string of the molecule is CNCCCCC1OC2C1CCCC2(C)C1CC(C)CN1. The van der Waals surface area contributed by atoms with E-state index in [0.717, 1.165) is 18.4 Å². The number of hydrogen-bond acceptors (Lipinski definition) is 3. The number of rotatable bonds is 6. The maximum absolute atomic E-state index is 6.43. The number of hydrogen-bond donors (Lipinski definition) is 2. The van der Waals surface area contributed by atoms with Gasteiger partial charge in [0.05, 0.1) is 12.2 Å². The largest absolute Gasteiger partial charge is 0.374 e. The van der Waals surface area contributed by atoms with E-state index in [1.54, 1.807) is 0 Å². The Labute approximate surface area is 130 Å². The first-order valence-electron chi connectivity index (χ1n) is 9.18. The molecule has 3 heteroatoms. The summed E-state index contributed by atoms with van der Waals surface area (Å²) in [6, 6.07) is 0.686. The van der Waals surface area contributed by atoms with Crippen molar-refractivity contribution in [3.63, 3.8) is 0 Å². The summed E-state index contributed by atoms with van der Waals surface area (Å²) in [6.07, 6.45) is 10.5. The second kappa shape index (κ2) is 6.55. The summed E-state index contributed by atoms with van der Waals surface area (Å²) in [6.45, 7) is 7.22. The first-order valence-corrected chi connectivity index (χ1v) is 9.18. The predicted octanol–water partition coefficient (Wildman–Crippen LogP) is 2.95. The molecule has 0 radical (unpaired) electrons. The molecule has 2 heterocycles. The highest BCUT2D eigenvalue weighted by Gasteiger charge is 2.56. The lowest BCUT2D eigenvalue weighted by molar-refractivity contribution is -0.256. The van der Waals surface area contributed by atoms with Gasteiger partial charge >= 0.3 is 0 Å². The highest BCUT2D eigenvalue weighted by atomic mass is 16.5. The molecule has 2 N–H and O–H groups in total. The second-order valence-electron chi connectivity index (χ2n) is 8.06. The molecule has 2 saturated heterocycles. The lowest BCUT2D eigenvalue weighted by Crippen LogP contribution is -2.63. The summed E-state index contributed by atoms with van der Waals surface area (Å²) in [4.78, 5) is 0. The lowest BCUT2D eigenvalue weighted by atomic mass is 9.59. The molecule has 6 atom stereocenters. The Balaban J connectivity index is 1.53. The van der Waals surface area contributed by atoms with E-state index < -0.39 is 0 Å². The number of fused-ring (bicyclic) bond motifs is 1. The van der Waals surface area contributed by atoms with Crippen LogP contribution < -0.4 is 10.6 Å². The topological polar surface area (TPSA) is 33.3 Å². The zero-order chi connectivity index (χ0) is 14.9. The molecule has 0 aromatic rings. The first kappa shape index (κ1) is 15.8. The molecule has 0 aromatic heterocycles. The standard InChI is InChI=1S/C18H34N2O/c1-13-11-16(20-12-13)18(2)9-6-7-14-15(21-17(14)18)8-4-5-10-19-3/h13-17,19-20H,4-12H2,1-3H3. The third kappa shape index (κ3) is 3.02. The van der Waals surface area contributed by atoms with Crippen molar-refractivity contribution in [3.8, 4) is 0 Å². The van der Waals surface area contributed by atoms with E-state index in [2.05, 4.69) is 24.5 Å². The van der Waals surface area contributed by atoms with Gasteiger partial charge < -0.3 is 15.4 Å². The van der Waals surface area contributed by atoms with Gasteiger partial charge in [-0.25, -0.2) is 0 Å². The molecule has 2 aliphatic heterocycles. The molecule has 0 aromatic carbocycles. The molecular formula is C18H34N2O. The summed E-state index contributed by atoms with van der Waals surface area (Å²) in [5, 5.41) is 7.03. The third-order valence-electron chi connectivity index (χ3n) is 6.40. The van der Waals surface area contributed by atoms with Crippen LogP contribution in [0.5, 0.6) is 0 Å². The summed E-state index contributed by atoms with van der Waals surface area (Å²) in [5.74, 6) is 1.68. The van der Waals surface area contributed by atoms with Gasteiger partial charge in [-0.3, -0.25) is 0 Å². The van der Waals surface area contributed by atoms with E-state index in [-0.39, 0.29) is 0 Å². The number of unbranched alkanes of at least 4 members (excludes halogenated alkanes) is 1. The Hall–Kier alpha value is -0.120. The van der Waals surface area contributed by atoms with Gasteiger partial charge in [-0.15, -0.1) is 0 Å². The van der Waals surface area contributed by atoms with Crippen molar-refractivity contribution in [1.29, 1.82) is 0 Å². The first-order chi connectivity index (χ1) is 10.1. The normalized spacial score (nSPS) is 46.1. The fraction of sp³-hybridized carbons (Fsp3) is 1.00. The van der Waals surface area contributed by atoms with E-state index in [1.807, 2.05) is 7.05 Å². The number of ether oxygens (including phenoxy) is 1. The summed E-state index contributed by atoms with van der Waals surface area (Å²) in [5.41, 5.74) is 0.384. The number of nitrogens with one attached hydrogen (secondary N) is 2. The van der Waals surface area contributed by atoms with Crippen LogP contribution in [0.2, 0.25) is 0 Å². The van der Waals surface area contributed by atoms with Crippen LogP contribution in [-0.2, 0) is 4.74 Å². The zero-order valence-electron chi connectivity index (χ0n) is 14.2. The second-order valence-corrected chi connectivity index (χ2v) is 8.06. The van der Waals surface area contributed by atoms with Gasteiger partial charge in [-0.1, -0.05) is 20.3 Å². The van der Waals surface area contributed by atoms with Crippen molar-refractivity contribution in [3.05, 3.63) is 0 Å². The Kier molecular flexibility index (Phi) is 4.92. The van der Waals surface area contributed by atoms with Crippen molar-refractivity contribution in [2.45, 2.75) is 77.0 Å². The van der Waals surface area contributed by atoms with Crippen LogP contribution in [0.4, 0.5) is 0 Å².